The van der Waals surface area contributed by atoms with E-state index >= 15 is 0 Å². The number of hydrogen-bond acceptors (Lipinski definition) is 3. The predicted octanol–water partition coefficient (Wildman–Crippen LogP) is 3.18. The van der Waals surface area contributed by atoms with Crippen molar-refractivity contribution in [1.29, 1.82) is 0 Å². The van der Waals surface area contributed by atoms with Gasteiger partial charge in [0.2, 0.25) is 0 Å². The third-order valence-corrected chi connectivity index (χ3v) is 3.64. The molecule has 0 aliphatic rings. The number of nitrogen functional groups attached to an aromatic ring is 1. The molecule has 0 unspecified atom stereocenters. The number of ketones is 1. The van der Waals surface area contributed by atoms with Gasteiger partial charge in [-0.25, -0.2) is 4.68 Å². The van der Waals surface area contributed by atoms with Gasteiger partial charge >= 0.3 is 0 Å². The highest BCUT2D eigenvalue weighted by Crippen LogP contribution is 2.25. The zero-order valence-corrected chi connectivity index (χ0v) is 12.6. The van der Waals surface area contributed by atoms with Crippen LogP contribution in [0.3, 0.4) is 0 Å². The lowest BCUT2D eigenvalue weighted by Gasteiger charge is -2.05. The van der Waals surface area contributed by atoms with Crippen molar-refractivity contribution in [3.05, 3.63) is 45.6 Å². The van der Waals surface area contributed by atoms with Crippen LogP contribution in [-0.2, 0) is 6.54 Å². The van der Waals surface area contributed by atoms with Gasteiger partial charge in [0, 0.05) is 16.6 Å². The summed E-state index contributed by atoms with van der Waals surface area (Å²) >= 11 is 3.39. The zero-order valence-electron chi connectivity index (χ0n) is 11.0. The summed E-state index contributed by atoms with van der Waals surface area (Å²) in [7, 11) is 0. The normalized spacial score (nSPS) is 10.7. The number of benzene rings is 1. The van der Waals surface area contributed by atoms with Gasteiger partial charge in [-0.1, -0.05) is 35.0 Å². The van der Waals surface area contributed by atoms with Crippen molar-refractivity contribution in [2.45, 2.75) is 26.8 Å². The molecule has 0 spiro atoms. The van der Waals surface area contributed by atoms with E-state index in [1.807, 2.05) is 32.0 Å². The third kappa shape index (κ3) is 2.56. The summed E-state index contributed by atoms with van der Waals surface area (Å²) < 4.78 is 2.46. The van der Waals surface area contributed by atoms with Crippen LogP contribution in [0.4, 0.5) is 5.82 Å². The number of anilines is 1. The lowest BCUT2D eigenvalue weighted by Crippen LogP contribution is -2.09. The maximum Gasteiger partial charge on any atom is 0.199 e. The molecular weight excluding hydrogens is 306 g/mol. The molecule has 0 fully saturated rings. The Morgan fingerprint density at radius 1 is 1.42 bits per heavy atom. The average Bonchev–Trinajstić information content (AvgIpc) is 2.65. The first-order valence-corrected chi connectivity index (χ1v) is 6.97. The van der Waals surface area contributed by atoms with Gasteiger partial charge in [-0.05, 0) is 25.5 Å². The van der Waals surface area contributed by atoms with Crippen LogP contribution >= 0.6 is 15.9 Å². The molecule has 0 bridgehead atoms. The minimum atomic E-state index is -0.0928. The van der Waals surface area contributed by atoms with Gasteiger partial charge in [0.25, 0.3) is 0 Å². The summed E-state index contributed by atoms with van der Waals surface area (Å²) in [6.07, 6.45) is 0.925. The van der Waals surface area contributed by atoms with Crippen LogP contribution < -0.4 is 5.73 Å². The topological polar surface area (TPSA) is 60.9 Å². The van der Waals surface area contributed by atoms with E-state index in [9.17, 15) is 4.79 Å². The molecule has 0 amide bonds. The summed E-state index contributed by atoms with van der Waals surface area (Å²) in [5.74, 6) is 0.352. The second kappa shape index (κ2) is 5.57. The average molecular weight is 322 g/mol. The van der Waals surface area contributed by atoms with Crippen molar-refractivity contribution in [2.24, 2.45) is 0 Å². The molecule has 5 heteroatoms. The van der Waals surface area contributed by atoms with Gasteiger partial charge in [-0.2, -0.15) is 5.10 Å². The van der Waals surface area contributed by atoms with Gasteiger partial charge in [-0.3, -0.25) is 4.79 Å². The van der Waals surface area contributed by atoms with Gasteiger partial charge in [0.1, 0.15) is 5.82 Å². The molecule has 4 nitrogen and oxygen atoms in total. The zero-order chi connectivity index (χ0) is 14.0. The van der Waals surface area contributed by atoms with Crippen LogP contribution in [0.25, 0.3) is 0 Å². The molecule has 0 radical (unpaired) electrons. The molecule has 1 aromatic heterocycles. The van der Waals surface area contributed by atoms with Crippen molar-refractivity contribution in [3.8, 4) is 0 Å². The maximum atomic E-state index is 12.6. The SMILES string of the molecule is CCCn1nc(C)c(C(=O)c2ccccc2Br)c1N. The molecule has 1 heterocycles. The number of carbonyl (C=O) groups excluding carboxylic acids is 1. The molecule has 0 atom stereocenters. The molecule has 2 rings (SSSR count). The largest absolute Gasteiger partial charge is 0.383 e. The predicted molar refractivity (Wildman–Crippen MR) is 79.2 cm³/mol. The molecule has 2 aromatic rings. The lowest BCUT2D eigenvalue weighted by molar-refractivity contribution is 0.103. The fourth-order valence-electron chi connectivity index (χ4n) is 2.04. The van der Waals surface area contributed by atoms with Crippen LogP contribution in [0.2, 0.25) is 0 Å². The lowest BCUT2D eigenvalue weighted by atomic mass is 10.0. The monoisotopic (exact) mass is 321 g/mol. The van der Waals surface area contributed by atoms with Crippen LogP contribution in [0.1, 0.15) is 35.0 Å². The highest BCUT2D eigenvalue weighted by atomic mass is 79.9. The Bertz CT molecular complexity index is 619. The first kappa shape index (κ1) is 13.8. The van der Waals surface area contributed by atoms with E-state index in [1.54, 1.807) is 10.7 Å². The first-order valence-electron chi connectivity index (χ1n) is 6.18. The molecule has 1 aromatic carbocycles. The van der Waals surface area contributed by atoms with Gasteiger partial charge in [-0.15, -0.1) is 0 Å². The maximum absolute atomic E-state index is 12.6. The minimum Gasteiger partial charge on any atom is -0.383 e. The van der Waals surface area contributed by atoms with Crippen molar-refractivity contribution in [1.82, 2.24) is 9.78 Å². The number of nitrogens with two attached hydrogens (primary N) is 1. The Morgan fingerprint density at radius 2 is 2.11 bits per heavy atom. The number of aromatic nitrogens is 2. The van der Waals surface area contributed by atoms with E-state index in [0.29, 0.717) is 22.6 Å². The molecule has 0 aliphatic carbocycles. The highest BCUT2D eigenvalue weighted by molar-refractivity contribution is 9.10. The van der Waals surface area contributed by atoms with Crippen LogP contribution in [0.5, 0.6) is 0 Å². The number of rotatable bonds is 4. The van der Waals surface area contributed by atoms with E-state index in [-0.39, 0.29) is 5.78 Å². The molecule has 0 saturated carbocycles. The molecule has 2 N–H and O–H groups in total. The second-order valence-corrected chi connectivity index (χ2v) is 5.23. The number of halogens is 1. The van der Waals surface area contributed by atoms with Gasteiger partial charge in [0.05, 0.1) is 11.3 Å². The number of carbonyl (C=O) groups is 1. The molecule has 100 valence electrons. The van der Waals surface area contributed by atoms with Crippen molar-refractivity contribution >= 4 is 27.5 Å². The third-order valence-electron chi connectivity index (χ3n) is 2.95. The quantitative estimate of drug-likeness (QED) is 0.880. The van der Waals surface area contributed by atoms with Gasteiger partial charge in [0.15, 0.2) is 5.78 Å². The fraction of sp³-hybridized carbons (Fsp3) is 0.286. The minimum absolute atomic E-state index is 0.0928. The van der Waals surface area contributed by atoms with E-state index in [2.05, 4.69) is 21.0 Å². The smallest absolute Gasteiger partial charge is 0.199 e. The van der Waals surface area contributed by atoms with Gasteiger partial charge < -0.3 is 5.73 Å². The highest BCUT2D eigenvalue weighted by Gasteiger charge is 2.21. The summed E-state index contributed by atoms with van der Waals surface area (Å²) in [5, 5.41) is 4.33. The first-order chi connectivity index (χ1) is 9.06. The van der Waals surface area contributed by atoms with E-state index in [0.717, 1.165) is 17.4 Å². The fourth-order valence-corrected chi connectivity index (χ4v) is 2.51. The Balaban J connectivity index is 2.48. The van der Waals surface area contributed by atoms with Crippen LogP contribution in [0, 0.1) is 6.92 Å². The number of nitrogens with zero attached hydrogens (tertiary/aromatic N) is 2. The second-order valence-electron chi connectivity index (χ2n) is 4.38. The molecule has 0 aliphatic heterocycles. The van der Waals surface area contributed by atoms with Crippen LogP contribution in [-0.4, -0.2) is 15.6 Å². The van der Waals surface area contributed by atoms with Crippen molar-refractivity contribution in [3.63, 3.8) is 0 Å². The Labute approximate surface area is 120 Å². The standard InChI is InChI=1S/C14H16BrN3O/c1-3-8-18-14(16)12(9(2)17-18)13(19)10-6-4-5-7-11(10)15/h4-7H,3,8,16H2,1-2H3. The summed E-state index contributed by atoms with van der Waals surface area (Å²) in [6, 6.07) is 7.33. The number of hydrogen-bond donors (Lipinski definition) is 1. The Morgan fingerprint density at radius 3 is 2.74 bits per heavy atom. The Kier molecular flexibility index (Phi) is 4.04. The van der Waals surface area contributed by atoms with Crippen molar-refractivity contribution < 1.29 is 4.79 Å². The van der Waals surface area contributed by atoms with Crippen molar-refractivity contribution in [2.75, 3.05) is 5.73 Å². The summed E-state index contributed by atoms with van der Waals surface area (Å²) in [5.41, 5.74) is 7.82. The number of aryl methyl sites for hydroxylation is 2. The molecular formula is C14H16BrN3O. The summed E-state index contributed by atoms with van der Waals surface area (Å²) in [4.78, 5) is 12.6. The summed E-state index contributed by atoms with van der Waals surface area (Å²) in [6.45, 7) is 4.58. The molecule has 19 heavy (non-hydrogen) atoms. The van der Waals surface area contributed by atoms with Crippen LogP contribution in [0.15, 0.2) is 28.7 Å². The van der Waals surface area contributed by atoms with E-state index in [1.165, 1.54) is 0 Å². The van der Waals surface area contributed by atoms with E-state index in [4.69, 9.17) is 5.73 Å². The Hall–Kier alpha value is -1.62. The van der Waals surface area contributed by atoms with E-state index < -0.39 is 0 Å². The molecule has 0 saturated heterocycles.